The van der Waals surface area contributed by atoms with Crippen molar-refractivity contribution < 1.29 is 4.74 Å². The third-order valence-electron chi connectivity index (χ3n) is 5.07. The van der Waals surface area contributed by atoms with E-state index in [2.05, 4.69) is 86.6 Å². The third kappa shape index (κ3) is 2.50. The summed E-state index contributed by atoms with van der Waals surface area (Å²) < 4.78 is 6.46. The molecule has 4 rings (SSSR count). The Balaban J connectivity index is 1.73. The lowest BCUT2D eigenvalue weighted by Crippen LogP contribution is -2.06. The van der Waals surface area contributed by atoms with Gasteiger partial charge >= 0.3 is 0 Å². The van der Waals surface area contributed by atoms with Crippen LogP contribution in [0.5, 0.6) is 5.75 Å². The number of ether oxygens (including phenoxy) is 1. The van der Waals surface area contributed by atoms with Crippen molar-refractivity contribution in [2.75, 3.05) is 0 Å². The van der Waals surface area contributed by atoms with Crippen molar-refractivity contribution in [2.45, 2.75) is 32.3 Å². The van der Waals surface area contributed by atoms with Crippen molar-refractivity contribution >= 4 is 0 Å². The quantitative estimate of drug-likeness (QED) is 0.545. The van der Waals surface area contributed by atoms with Crippen molar-refractivity contribution in [1.82, 2.24) is 0 Å². The smallest absolute Gasteiger partial charge is 0.150 e. The number of hydrogen-bond donors (Lipinski definition) is 0. The Hall–Kier alpha value is -2.54. The fourth-order valence-corrected chi connectivity index (χ4v) is 3.50. The molecule has 0 heterocycles. The van der Waals surface area contributed by atoms with Gasteiger partial charge in [-0.15, -0.1) is 0 Å². The van der Waals surface area contributed by atoms with Crippen molar-refractivity contribution in [3.63, 3.8) is 0 Å². The van der Waals surface area contributed by atoms with Gasteiger partial charge in [-0.2, -0.15) is 0 Å². The Morgan fingerprint density at radius 3 is 2.08 bits per heavy atom. The topological polar surface area (TPSA) is 9.23 Å². The van der Waals surface area contributed by atoms with Crippen molar-refractivity contribution in [1.29, 1.82) is 0 Å². The number of rotatable bonds is 4. The molecule has 0 spiro atoms. The average Bonchev–Trinajstić information content (AvgIpc) is 2.96. The standard InChI is InChI=1S/C23H22O/c1-3-16(2)17-9-8-10-18(15-17)24-23-21-13-6-4-11-19(21)20-12-5-7-14-22(20)23/h4-16,23H,3H2,1-2H3. The molecule has 0 fully saturated rings. The van der Waals surface area contributed by atoms with Gasteiger partial charge in [0, 0.05) is 11.1 Å². The number of hydrogen-bond acceptors (Lipinski definition) is 1. The molecule has 0 N–H and O–H groups in total. The van der Waals surface area contributed by atoms with Gasteiger partial charge < -0.3 is 4.74 Å². The fourth-order valence-electron chi connectivity index (χ4n) is 3.50. The predicted octanol–water partition coefficient (Wildman–Crippen LogP) is 6.35. The zero-order valence-corrected chi connectivity index (χ0v) is 14.2. The molecule has 24 heavy (non-hydrogen) atoms. The molecule has 120 valence electrons. The van der Waals surface area contributed by atoms with E-state index in [1.54, 1.807) is 0 Å². The Bertz CT molecular complexity index is 820. The van der Waals surface area contributed by atoms with Crippen LogP contribution in [0.25, 0.3) is 11.1 Å². The van der Waals surface area contributed by atoms with E-state index < -0.39 is 0 Å². The second kappa shape index (κ2) is 6.16. The second-order valence-corrected chi connectivity index (χ2v) is 6.55. The number of benzene rings is 3. The molecule has 1 heteroatoms. The first-order valence-electron chi connectivity index (χ1n) is 8.72. The lowest BCUT2D eigenvalue weighted by Gasteiger charge is -2.18. The number of fused-ring (bicyclic) bond motifs is 3. The zero-order chi connectivity index (χ0) is 16.5. The Morgan fingerprint density at radius 2 is 1.46 bits per heavy atom. The molecule has 3 aromatic rings. The molecule has 3 aromatic carbocycles. The van der Waals surface area contributed by atoms with E-state index in [4.69, 9.17) is 4.74 Å². The van der Waals surface area contributed by atoms with Crippen LogP contribution in [0.2, 0.25) is 0 Å². The fraction of sp³-hybridized carbons (Fsp3) is 0.217. The molecule has 0 saturated carbocycles. The van der Waals surface area contributed by atoms with Crippen LogP contribution in [0, 0.1) is 0 Å². The van der Waals surface area contributed by atoms with E-state index in [1.165, 1.54) is 27.8 Å². The maximum absolute atomic E-state index is 6.46. The molecule has 0 saturated heterocycles. The normalized spacial score (nSPS) is 14.1. The van der Waals surface area contributed by atoms with Gasteiger partial charge in [0.25, 0.3) is 0 Å². The summed E-state index contributed by atoms with van der Waals surface area (Å²) in [6.45, 7) is 4.49. The molecule has 0 radical (unpaired) electrons. The van der Waals surface area contributed by atoms with E-state index in [9.17, 15) is 0 Å². The Kier molecular flexibility index (Phi) is 3.86. The molecule has 1 nitrogen and oxygen atoms in total. The summed E-state index contributed by atoms with van der Waals surface area (Å²) in [7, 11) is 0. The minimum atomic E-state index is -0.0235. The summed E-state index contributed by atoms with van der Waals surface area (Å²) in [5.41, 5.74) is 6.43. The van der Waals surface area contributed by atoms with Crippen LogP contribution in [0.15, 0.2) is 72.8 Å². The summed E-state index contributed by atoms with van der Waals surface area (Å²) in [5.74, 6) is 1.50. The molecule has 1 aliphatic rings. The zero-order valence-electron chi connectivity index (χ0n) is 14.2. The SMILES string of the molecule is CCC(C)c1cccc(OC2c3ccccc3-c3ccccc32)c1. The van der Waals surface area contributed by atoms with E-state index in [0.717, 1.165) is 12.2 Å². The van der Waals surface area contributed by atoms with E-state index in [1.807, 2.05) is 0 Å². The third-order valence-corrected chi connectivity index (χ3v) is 5.07. The maximum Gasteiger partial charge on any atom is 0.150 e. The van der Waals surface area contributed by atoms with E-state index >= 15 is 0 Å². The second-order valence-electron chi connectivity index (χ2n) is 6.55. The molecular formula is C23H22O. The van der Waals surface area contributed by atoms with Gasteiger partial charge in [-0.05, 0) is 41.2 Å². The van der Waals surface area contributed by atoms with Crippen LogP contribution in [0.3, 0.4) is 0 Å². The van der Waals surface area contributed by atoms with Gasteiger partial charge in [0.05, 0.1) is 0 Å². The Morgan fingerprint density at radius 1 is 0.833 bits per heavy atom. The minimum Gasteiger partial charge on any atom is -0.481 e. The predicted molar refractivity (Wildman–Crippen MR) is 99.5 cm³/mol. The molecule has 1 atom stereocenters. The van der Waals surface area contributed by atoms with Crippen LogP contribution in [0.4, 0.5) is 0 Å². The van der Waals surface area contributed by atoms with Crippen LogP contribution in [-0.2, 0) is 0 Å². The van der Waals surface area contributed by atoms with E-state index in [0.29, 0.717) is 5.92 Å². The molecular weight excluding hydrogens is 292 g/mol. The maximum atomic E-state index is 6.46. The summed E-state index contributed by atoms with van der Waals surface area (Å²) in [6, 6.07) is 25.7. The highest BCUT2D eigenvalue weighted by Gasteiger charge is 2.29. The molecule has 1 aliphatic carbocycles. The first-order valence-corrected chi connectivity index (χ1v) is 8.72. The van der Waals surface area contributed by atoms with Gasteiger partial charge in [-0.3, -0.25) is 0 Å². The van der Waals surface area contributed by atoms with Crippen molar-refractivity contribution in [2.24, 2.45) is 0 Å². The highest BCUT2D eigenvalue weighted by atomic mass is 16.5. The average molecular weight is 314 g/mol. The first kappa shape index (κ1) is 15.0. The van der Waals surface area contributed by atoms with Gasteiger partial charge in [0.1, 0.15) is 5.75 Å². The Labute approximate surface area is 143 Å². The summed E-state index contributed by atoms with van der Waals surface area (Å²) >= 11 is 0. The van der Waals surface area contributed by atoms with Gasteiger partial charge in [0.2, 0.25) is 0 Å². The lowest BCUT2D eigenvalue weighted by molar-refractivity contribution is 0.252. The van der Waals surface area contributed by atoms with Gasteiger partial charge in [0.15, 0.2) is 6.10 Å². The monoisotopic (exact) mass is 314 g/mol. The highest BCUT2D eigenvalue weighted by molar-refractivity contribution is 5.78. The molecule has 1 unspecified atom stereocenters. The summed E-state index contributed by atoms with van der Waals surface area (Å²) in [6.07, 6.45) is 1.11. The summed E-state index contributed by atoms with van der Waals surface area (Å²) in [5, 5.41) is 0. The van der Waals surface area contributed by atoms with Crippen LogP contribution in [0.1, 0.15) is 49.0 Å². The molecule has 0 aromatic heterocycles. The van der Waals surface area contributed by atoms with Crippen LogP contribution < -0.4 is 4.74 Å². The first-order chi connectivity index (χ1) is 11.8. The lowest BCUT2D eigenvalue weighted by atomic mass is 9.98. The highest BCUT2D eigenvalue weighted by Crippen LogP contribution is 2.45. The van der Waals surface area contributed by atoms with E-state index in [-0.39, 0.29) is 6.10 Å². The van der Waals surface area contributed by atoms with Crippen LogP contribution >= 0.6 is 0 Å². The minimum absolute atomic E-state index is 0.0235. The summed E-state index contributed by atoms with van der Waals surface area (Å²) in [4.78, 5) is 0. The molecule has 0 amide bonds. The van der Waals surface area contributed by atoms with Crippen molar-refractivity contribution in [3.05, 3.63) is 89.5 Å². The van der Waals surface area contributed by atoms with Crippen molar-refractivity contribution in [3.8, 4) is 16.9 Å². The largest absolute Gasteiger partial charge is 0.481 e. The van der Waals surface area contributed by atoms with Gasteiger partial charge in [-0.1, -0.05) is 74.5 Å². The van der Waals surface area contributed by atoms with Crippen LogP contribution in [-0.4, -0.2) is 0 Å². The molecule has 0 bridgehead atoms. The van der Waals surface area contributed by atoms with Gasteiger partial charge in [-0.25, -0.2) is 0 Å². The molecule has 0 aliphatic heterocycles.